The maximum absolute atomic E-state index is 13.3. The summed E-state index contributed by atoms with van der Waals surface area (Å²) in [4.78, 5) is 0. The Labute approximate surface area is 256 Å². The molecule has 0 saturated carbocycles. The molecular weight excluding hydrogens is 606 g/mol. The zero-order valence-electron chi connectivity index (χ0n) is 22.7. The Morgan fingerprint density at radius 1 is 0.457 bits per heavy atom. The molecule has 46 heavy (non-hydrogen) atoms. The number of nitrogens with zero attached hydrogens (tertiary/aromatic N) is 6. The van der Waals surface area contributed by atoms with E-state index in [0.717, 1.165) is 48.5 Å². The van der Waals surface area contributed by atoms with Gasteiger partial charge in [0.15, 0.2) is 0 Å². The summed E-state index contributed by atoms with van der Waals surface area (Å²) in [6.45, 7) is 0. The third-order valence-corrected chi connectivity index (χ3v) is 7.41. The van der Waals surface area contributed by atoms with Crippen molar-refractivity contribution in [2.45, 2.75) is 12.4 Å². The van der Waals surface area contributed by atoms with Gasteiger partial charge in [-0.05, 0) is 58.7 Å². The number of halogens is 6. The Kier molecular flexibility index (Phi) is 7.32. The molecule has 2 aliphatic rings. The molecule has 0 spiro atoms. The highest BCUT2D eigenvalue weighted by Gasteiger charge is 2.38. The zero-order valence-corrected chi connectivity index (χ0v) is 22.7. The molecule has 2 aliphatic carbocycles. The molecule has 0 aromatic heterocycles. The number of hydrogen-bond donors (Lipinski definition) is 0. The Hall–Kier alpha value is -6.86. The molecule has 3 aromatic carbocycles. The Balaban J connectivity index is 1.85. The summed E-state index contributed by atoms with van der Waals surface area (Å²) in [7, 11) is 0. The van der Waals surface area contributed by atoms with Crippen LogP contribution in [0.1, 0.15) is 44.5 Å². The summed E-state index contributed by atoms with van der Waals surface area (Å²) in [5, 5.41) is 59.8. The molecule has 218 valence electrons. The van der Waals surface area contributed by atoms with Crippen molar-refractivity contribution in [1.29, 1.82) is 31.6 Å². The molecule has 0 amide bonds. The molecule has 0 radical (unpaired) electrons. The summed E-state index contributed by atoms with van der Waals surface area (Å²) in [5.74, 6) is 0. The number of hydrogen-bond acceptors (Lipinski definition) is 6. The van der Waals surface area contributed by atoms with Crippen LogP contribution in [0.5, 0.6) is 0 Å². The highest BCUT2D eigenvalue weighted by Crippen LogP contribution is 2.54. The highest BCUT2D eigenvalue weighted by molar-refractivity contribution is 6.29. The van der Waals surface area contributed by atoms with Crippen molar-refractivity contribution >= 4 is 33.4 Å². The van der Waals surface area contributed by atoms with E-state index in [2.05, 4.69) is 0 Å². The summed E-state index contributed by atoms with van der Waals surface area (Å²) >= 11 is 0. The maximum Gasteiger partial charge on any atom is 0.416 e. The molecule has 0 saturated heterocycles. The van der Waals surface area contributed by atoms with E-state index in [9.17, 15) is 57.9 Å². The van der Waals surface area contributed by atoms with E-state index >= 15 is 0 Å². The fourth-order valence-corrected chi connectivity index (χ4v) is 5.47. The van der Waals surface area contributed by atoms with Gasteiger partial charge in [0.25, 0.3) is 0 Å². The number of allylic oxidation sites excluding steroid dienone is 8. The van der Waals surface area contributed by atoms with E-state index in [1.807, 2.05) is 12.1 Å². The minimum Gasteiger partial charge on any atom is -0.192 e. The van der Waals surface area contributed by atoms with Crippen LogP contribution >= 0.6 is 0 Å². The minimum absolute atomic E-state index is 0.0234. The average Bonchev–Trinajstić information content (AvgIpc) is 3.52. The summed E-state index contributed by atoms with van der Waals surface area (Å²) in [5.41, 5.74) is -2.94. The Morgan fingerprint density at radius 2 is 0.761 bits per heavy atom. The average molecular weight is 616 g/mol. The summed E-state index contributed by atoms with van der Waals surface area (Å²) < 4.78 is 79.6. The van der Waals surface area contributed by atoms with Crippen LogP contribution < -0.4 is 0 Å². The molecule has 0 unspecified atom stereocenters. The van der Waals surface area contributed by atoms with Gasteiger partial charge in [-0.1, -0.05) is 24.3 Å². The normalized spacial score (nSPS) is 13.5. The van der Waals surface area contributed by atoms with Crippen molar-refractivity contribution in [2.75, 3.05) is 0 Å². The lowest BCUT2D eigenvalue weighted by atomic mass is 9.90. The third kappa shape index (κ3) is 4.74. The number of fused-ring (bicyclic) bond motifs is 2. The molecule has 0 fully saturated rings. The lowest BCUT2D eigenvalue weighted by Gasteiger charge is -2.12. The first-order valence-electron chi connectivity index (χ1n) is 12.8. The largest absolute Gasteiger partial charge is 0.416 e. The van der Waals surface area contributed by atoms with Gasteiger partial charge in [-0.2, -0.15) is 57.9 Å². The molecular formula is C34H10F6N6. The number of alkyl halides is 6. The van der Waals surface area contributed by atoms with E-state index in [4.69, 9.17) is 0 Å². The van der Waals surface area contributed by atoms with Gasteiger partial charge >= 0.3 is 12.4 Å². The summed E-state index contributed by atoms with van der Waals surface area (Å²) in [6, 6.07) is 21.0. The molecule has 6 nitrogen and oxygen atoms in total. The third-order valence-electron chi connectivity index (χ3n) is 7.41. The van der Waals surface area contributed by atoms with E-state index in [1.54, 1.807) is 24.3 Å². The van der Waals surface area contributed by atoms with Crippen LogP contribution in [0.25, 0.3) is 33.4 Å². The first-order chi connectivity index (χ1) is 21.8. The molecule has 0 N–H and O–H groups in total. The zero-order chi connectivity index (χ0) is 33.6. The molecule has 5 rings (SSSR count). The molecule has 0 aliphatic heterocycles. The second-order valence-electron chi connectivity index (χ2n) is 9.76. The van der Waals surface area contributed by atoms with Crippen LogP contribution in [-0.2, 0) is 12.4 Å². The van der Waals surface area contributed by atoms with Crippen LogP contribution in [0.3, 0.4) is 0 Å². The molecule has 12 heteroatoms. The highest BCUT2D eigenvalue weighted by atomic mass is 19.4. The van der Waals surface area contributed by atoms with Gasteiger partial charge in [-0.15, -0.1) is 0 Å². The van der Waals surface area contributed by atoms with Gasteiger partial charge in [0, 0.05) is 33.4 Å². The maximum atomic E-state index is 13.3. The van der Waals surface area contributed by atoms with E-state index in [1.165, 1.54) is 12.1 Å². The van der Waals surface area contributed by atoms with Crippen molar-refractivity contribution in [1.82, 2.24) is 0 Å². The van der Waals surface area contributed by atoms with Gasteiger partial charge in [0.2, 0.25) is 0 Å². The predicted molar refractivity (Wildman–Crippen MR) is 150 cm³/mol. The van der Waals surface area contributed by atoms with Gasteiger partial charge in [-0.25, -0.2) is 0 Å². The molecule has 0 atom stereocenters. The molecule has 3 aromatic rings. The van der Waals surface area contributed by atoms with E-state index < -0.39 is 34.6 Å². The van der Waals surface area contributed by atoms with Crippen molar-refractivity contribution in [3.63, 3.8) is 0 Å². The Bertz CT molecular complexity index is 2060. The first kappa shape index (κ1) is 30.6. The molecule has 0 bridgehead atoms. The van der Waals surface area contributed by atoms with Crippen LogP contribution in [0, 0.1) is 68.0 Å². The second-order valence-corrected chi connectivity index (χ2v) is 9.76. The monoisotopic (exact) mass is 616 g/mol. The fraction of sp³-hybridized carbons (Fsp3) is 0.0588. The van der Waals surface area contributed by atoms with Gasteiger partial charge in [-0.3, -0.25) is 0 Å². The fourth-order valence-electron chi connectivity index (χ4n) is 5.47. The lowest BCUT2D eigenvalue weighted by Crippen LogP contribution is -2.04. The van der Waals surface area contributed by atoms with Gasteiger partial charge in [0.05, 0.1) is 22.3 Å². The van der Waals surface area contributed by atoms with Crippen molar-refractivity contribution in [3.8, 4) is 36.4 Å². The summed E-state index contributed by atoms with van der Waals surface area (Å²) in [6.07, 6.45) is -9.33. The number of nitriles is 6. The predicted octanol–water partition coefficient (Wildman–Crippen LogP) is 8.22. The van der Waals surface area contributed by atoms with Crippen molar-refractivity contribution < 1.29 is 26.3 Å². The second kappa shape index (κ2) is 11.0. The number of rotatable bonds is 2. The van der Waals surface area contributed by atoms with Gasteiger partial charge < -0.3 is 0 Å². The number of benzene rings is 3. The Morgan fingerprint density at radius 3 is 1.00 bits per heavy atom. The van der Waals surface area contributed by atoms with Crippen LogP contribution in [-0.4, -0.2) is 0 Å². The smallest absolute Gasteiger partial charge is 0.192 e. The van der Waals surface area contributed by atoms with Crippen molar-refractivity contribution in [2.24, 2.45) is 0 Å². The van der Waals surface area contributed by atoms with E-state index in [0.29, 0.717) is 0 Å². The van der Waals surface area contributed by atoms with Crippen molar-refractivity contribution in [3.05, 3.63) is 116 Å². The van der Waals surface area contributed by atoms with Gasteiger partial charge in [0.1, 0.15) is 47.6 Å². The SMILES string of the molecule is N#CC(C#N)=C1C(c2ccc(C(F)(F)F)cc2)=C(C#N)c2cc3c(cc21)C(C#N)=C(c1ccc(C(F)(F)F)cc1)C3=C(C#N)C#N. The van der Waals surface area contributed by atoms with Crippen LogP contribution in [0.4, 0.5) is 26.3 Å². The van der Waals surface area contributed by atoms with Crippen LogP contribution in [0.2, 0.25) is 0 Å². The minimum atomic E-state index is -4.67. The lowest BCUT2D eigenvalue weighted by molar-refractivity contribution is -0.138. The van der Waals surface area contributed by atoms with Crippen LogP contribution in [0.15, 0.2) is 71.8 Å². The topological polar surface area (TPSA) is 143 Å². The quantitative estimate of drug-likeness (QED) is 0.210. The first-order valence-corrected chi connectivity index (χ1v) is 12.8. The standard InChI is InChI=1S/C34H10F6N6/c35-33(36,37)21-5-1-17(2-6-21)29-27(15-45)23-9-26-24(10-25(23)31(29)19(11-41)12-42)28(16-46)30(32(26)20(13-43)14-44)18-3-7-22(8-4-18)34(38,39)40/h1-10H. The molecule has 0 heterocycles. The van der Waals surface area contributed by atoms with E-state index in [-0.39, 0.29) is 66.8 Å².